The van der Waals surface area contributed by atoms with Gasteiger partial charge in [0.05, 0.1) is 14.2 Å². The first-order chi connectivity index (χ1) is 11.7. The first-order valence-corrected chi connectivity index (χ1v) is 8.41. The van der Waals surface area contributed by atoms with Crippen LogP contribution in [0.3, 0.4) is 0 Å². The van der Waals surface area contributed by atoms with Gasteiger partial charge in [0.25, 0.3) is 0 Å². The number of benzene rings is 2. The number of hydrogen-bond acceptors (Lipinski definition) is 2. The van der Waals surface area contributed by atoms with E-state index < -0.39 is 0 Å². The Hall–Kier alpha value is -2.29. The van der Waals surface area contributed by atoms with Gasteiger partial charge in [-0.1, -0.05) is 37.1 Å². The predicted molar refractivity (Wildman–Crippen MR) is 96.1 cm³/mol. The van der Waals surface area contributed by atoms with Crippen LogP contribution < -0.4 is 9.47 Å². The Kier molecular flexibility index (Phi) is 5.19. The van der Waals surface area contributed by atoms with E-state index in [2.05, 4.69) is 12.1 Å². The van der Waals surface area contributed by atoms with Crippen LogP contribution >= 0.6 is 0 Å². The molecule has 0 heterocycles. The summed E-state index contributed by atoms with van der Waals surface area (Å²) in [5.74, 6) is 2.07. The summed E-state index contributed by atoms with van der Waals surface area (Å²) in [6.07, 6.45) is 8.88. The lowest BCUT2D eigenvalue weighted by atomic mass is 9.94. The summed E-state index contributed by atoms with van der Waals surface area (Å²) in [6, 6.07) is 10.5. The highest BCUT2D eigenvalue weighted by atomic mass is 19.1. The molecule has 2 aromatic rings. The normalized spacial score (nSPS) is 15.1. The Bertz CT molecular complexity index is 688. The van der Waals surface area contributed by atoms with Gasteiger partial charge in [-0.2, -0.15) is 0 Å². The minimum absolute atomic E-state index is 0.226. The van der Waals surface area contributed by atoms with Gasteiger partial charge in [0.1, 0.15) is 17.3 Å². The molecule has 0 bridgehead atoms. The van der Waals surface area contributed by atoms with Gasteiger partial charge >= 0.3 is 0 Å². The van der Waals surface area contributed by atoms with Crippen molar-refractivity contribution < 1.29 is 13.9 Å². The van der Waals surface area contributed by atoms with E-state index in [4.69, 9.17) is 9.47 Å². The second kappa shape index (κ2) is 7.52. The lowest BCUT2D eigenvalue weighted by Gasteiger charge is -2.19. The molecule has 1 aliphatic carbocycles. The molecule has 0 saturated heterocycles. The fraction of sp³-hybridized carbons (Fsp3) is 0.333. The summed E-state index contributed by atoms with van der Waals surface area (Å²) < 4.78 is 24.3. The van der Waals surface area contributed by atoms with E-state index in [1.54, 1.807) is 26.4 Å². The molecule has 0 aromatic heterocycles. The number of ether oxygens (including phenoxy) is 2. The molecule has 0 atom stereocenters. The van der Waals surface area contributed by atoms with Crippen LogP contribution in [0.1, 0.15) is 48.3 Å². The Labute approximate surface area is 142 Å². The van der Waals surface area contributed by atoms with Gasteiger partial charge in [-0.3, -0.25) is 0 Å². The fourth-order valence-electron chi connectivity index (χ4n) is 3.44. The molecule has 3 heteroatoms. The summed E-state index contributed by atoms with van der Waals surface area (Å²) in [5, 5.41) is 0. The zero-order valence-electron chi connectivity index (χ0n) is 14.2. The molecule has 2 nitrogen and oxygen atoms in total. The van der Waals surface area contributed by atoms with Crippen LogP contribution in [0.25, 0.3) is 12.2 Å². The largest absolute Gasteiger partial charge is 0.496 e. The van der Waals surface area contributed by atoms with Crippen molar-refractivity contribution in [2.24, 2.45) is 0 Å². The highest BCUT2D eigenvalue weighted by Gasteiger charge is 2.24. The average Bonchev–Trinajstić information content (AvgIpc) is 3.14. The van der Waals surface area contributed by atoms with Crippen LogP contribution in [-0.4, -0.2) is 14.2 Å². The van der Waals surface area contributed by atoms with Crippen molar-refractivity contribution >= 4 is 12.2 Å². The number of methoxy groups -OCH3 is 2. The summed E-state index contributed by atoms with van der Waals surface area (Å²) in [6.45, 7) is 0. The SMILES string of the molecule is COc1cc(C=Cc2ccc(F)cc2)cc(OC)c1C1CCCC1. The van der Waals surface area contributed by atoms with Crippen LogP contribution in [0.15, 0.2) is 36.4 Å². The molecule has 0 N–H and O–H groups in total. The topological polar surface area (TPSA) is 18.5 Å². The predicted octanol–water partition coefficient (Wildman–Crippen LogP) is 5.67. The van der Waals surface area contributed by atoms with Crippen molar-refractivity contribution in [2.45, 2.75) is 31.6 Å². The van der Waals surface area contributed by atoms with Gasteiger partial charge in [-0.05, 0) is 54.2 Å². The monoisotopic (exact) mass is 326 g/mol. The Morgan fingerprint density at radius 3 is 1.96 bits per heavy atom. The standard InChI is InChI=1S/C21H23FO2/c1-23-19-13-16(8-7-15-9-11-18(22)12-10-15)14-20(24-2)21(19)17-5-3-4-6-17/h7-14,17H,3-6H2,1-2H3. The van der Waals surface area contributed by atoms with Gasteiger partial charge in [0, 0.05) is 5.56 Å². The molecule has 1 aliphatic rings. The molecule has 0 aliphatic heterocycles. The van der Waals surface area contributed by atoms with Crippen molar-refractivity contribution in [3.8, 4) is 11.5 Å². The lowest BCUT2D eigenvalue weighted by molar-refractivity contribution is 0.378. The van der Waals surface area contributed by atoms with E-state index in [0.29, 0.717) is 5.92 Å². The van der Waals surface area contributed by atoms with Crippen molar-refractivity contribution in [3.63, 3.8) is 0 Å². The maximum Gasteiger partial charge on any atom is 0.126 e. The Morgan fingerprint density at radius 2 is 1.42 bits per heavy atom. The number of halogens is 1. The quantitative estimate of drug-likeness (QED) is 0.659. The van der Waals surface area contributed by atoms with E-state index in [1.165, 1.54) is 43.4 Å². The molecule has 2 aromatic carbocycles. The summed E-state index contributed by atoms with van der Waals surface area (Å²) in [4.78, 5) is 0. The molecule has 0 amide bonds. The maximum absolute atomic E-state index is 13.0. The molecule has 1 saturated carbocycles. The second-order valence-electron chi connectivity index (χ2n) is 6.21. The summed E-state index contributed by atoms with van der Waals surface area (Å²) in [7, 11) is 3.42. The smallest absolute Gasteiger partial charge is 0.126 e. The number of hydrogen-bond donors (Lipinski definition) is 0. The third-order valence-corrected chi connectivity index (χ3v) is 4.67. The van der Waals surface area contributed by atoms with Crippen LogP contribution in [0.4, 0.5) is 4.39 Å². The van der Waals surface area contributed by atoms with E-state index in [-0.39, 0.29) is 5.82 Å². The molecular weight excluding hydrogens is 303 g/mol. The van der Waals surface area contributed by atoms with E-state index in [1.807, 2.05) is 12.2 Å². The molecule has 1 fully saturated rings. The van der Waals surface area contributed by atoms with Crippen molar-refractivity contribution in [3.05, 3.63) is 58.9 Å². The molecular formula is C21H23FO2. The Morgan fingerprint density at radius 1 is 0.875 bits per heavy atom. The van der Waals surface area contributed by atoms with Gasteiger partial charge in [0.15, 0.2) is 0 Å². The molecule has 126 valence electrons. The van der Waals surface area contributed by atoms with Crippen LogP contribution in [-0.2, 0) is 0 Å². The fourth-order valence-corrected chi connectivity index (χ4v) is 3.44. The summed E-state index contributed by atoms with van der Waals surface area (Å²) >= 11 is 0. The maximum atomic E-state index is 13.0. The van der Waals surface area contributed by atoms with Crippen molar-refractivity contribution in [2.75, 3.05) is 14.2 Å². The van der Waals surface area contributed by atoms with E-state index in [9.17, 15) is 4.39 Å². The molecule has 0 spiro atoms. The van der Waals surface area contributed by atoms with Gasteiger partial charge in [0.2, 0.25) is 0 Å². The highest BCUT2D eigenvalue weighted by Crippen LogP contribution is 2.44. The number of rotatable bonds is 5. The van der Waals surface area contributed by atoms with E-state index >= 15 is 0 Å². The molecule has 0 radical (unpaired) electrons. The first-order valence-electron chi connectivity index (χ1n) is 8.41. The molecule has 24 heavy (non-hydrogen) atoms. The minimum atomic E-state index is -0.226. The zero-order valence-corrected chi connectivity index (χ0v) is 14.2. The second-order valence-corrected chi connectivity index (χ2v) is 6.21. The summed E-state index contributed by atoms with van der Waals surface area (Å²) in [5.41, 5.74) is 3.15. The van der Waals surface area contributed by atoms with Crippen molar-refractivity contribution in [1.29, 1.82) is 0 Å². The average molecular weight is 326 g/mol. The molecule has 0 unspecified atom stereocenters. The van der Waals surface area contributed by atoms with Crippen LogP contribution in [0, 0.1) is 5.82 Å². The van der Waals surface area contributed by atoms with Crippen LogP contribution in [0.2, 0.25) is 0 Å². The molecule has 3 rings (SSSR count). The highest BCUT2D eigenvalue weighted by molar-refractivity contribution is 5.72. The first kappa shape index (κ1) is 16.6. The van der Waals surface area contributed by atoms with Crippen molar-refractivity contribution in [1.82, 2.24) is 0 Å². The third-order valence-electron chi connectivity index (χ3n) is 4.67. The minimum Gasteiger partial charge on any atom is -0.496 e. The van der Waals surface area contributed by atoms with Gasteiger partial charge in [-0.15, -0.1) is 0 Å². The zero-order chi connectivity index (χ0) is 16.9. The third kappa shape index (κ3) is 3.61. The van der Waals surface area contributed by atoms with Gasteiger partial charge in [-0.25, -0.2) is 4.39 Å². The lowest BCUT2D eigenvalue weighted by Crippen LogP contribution is -2.01. The Balaban J connectivity index is 1.92. The van der Waals surface area contributed by atoms with E-state index in [0.717, 1.165) is 22.6 Å². The van der Waals surface area contributed by atoms with Crippen LogP contribution in [0.5, 0.6) is 11.5 Å². The van der Waals surface area contributed by atoms with Gasteiger partial charge < -0.3 is 9.47 Å².